The number of rotatable bonds is 3. The van der Waals surface area contributed by atoms with Crippen LogP contribution < -0.4 is 9.80 Å². The Kier molecular flexibility index (Phi) is 5.07. The van der Waals surface area contributed by atoms with Gasteiger partial charge in [0.2, 0.25) is 0 Å². The van der Waals surface area contributed by atoms with Crippen LogP contribution in [0.1, 0.15) is 16.1 Å². The van der Waals surface area contributed by atoms with Crippen molar-refractivity contribution < 1.29 is 14.7 Å². The van der Waals surface area contributed by atoms with Gasteiger partial charge in [-0.2, -0.15) is 0 Å². The number of pyridine rings is 1. The van der Waals surface area contributed by atoms with Gasteiger partial charge in [-0.3, -0.25) is 14.5 Å². The monoisotopic (exact) mass is 455 g/mol. The molecule has 0 fully saturated rings. The number of aromatic hydroxyl groups is 1. The molecule has 0 saturated heterocycles. The summed E-state index contributed by atoms with van der Waals surface area (Å²) >= 11 is 6.05. The molecular weight excluding hydrogens is 438 g/mol. The number of halogens is 1. The summed E-state index contributed by atoms with van der Waals surface area (Å²) in [6.45, 7) is 0. The first-order valence-corrected chi connectivity index (χ1v) is 10.6. The second-order valence-electron chi connectivity index (χ2n) is 7.64. The van der Waals surface area contributed by atoms with Gasteiger partial charge >= 0.3 is 0 Å². The molecule has 162 valence electrons. The Morgan fingerprint density at radius 1 is 1.03 bits per heavy atom. The average Bonchev–Trinajstić information content (AvgIpc) is 3.08. The number of anilines is 2. The van der Waals surface area contributed by atoms with Crippen molar-refractivity contribution in [3.05, 3.63) is 101 Å². The summed E-state index contributed by atoms with van der Waals surface area (Å²) in [7, 11) is 1.63. The Hall–Kier alpha value is -4.16. The molecule has 33 heavy (non-hydrogen) atoms. The molecule has 0 aliphatic carbocycles. The van der Waals surface area contributed by atoms with E-state index in [-0.39, 0.29) is 17.6 Å². The minimum absolute atomic E-state index is 0.110. The summed E-state index contributed by atoms with van der Waals surface area (Å²) in [6.07, 6.45) is 1.41. The molecule has 0 atom stereocenters. The van der Waals surface area contributed by atoms with Gasteiger partial charge in [-0.25, -0.2) is 4.98 Å². The van der Waals surface area contributed by atoms with Crippen molar-refractivity contribution in [1.29, 1.82) is 0 Å². The number of carbonyl (C=O) groups is 2. The zero-order valence-corrected chi connectivity index (χ0v) is 18.3. The van der Waals surface area contributed by atoms with Crippen molar-refractivity contribution in [2.24, 2.45) is 0 Å². The lowest BCUT2D eigenvalue weighted by Gasteiger charge is -2.20. The number of fused-ring (bicyclic) bond motifs is 2. The first-order chi connectivity index (χ1) is 15.9. The number of phenols is 1. The van der Waals surface area contributed by atoms with Gasteiger partial charge in [-0.05, 0) is 60.7 Å². The molecule has 2 heterocycles. The van der Waals surface area contributed by atoms with E-state index in [2.05, 4.69) is 0 Å². The van der Waals surface area contributed by atoms with E-state index >= 15 is 0 Å². The molecule has 4 aromatic rings. The Balaban J connectivity index is 1.65. The highest BCUT2D eigenvalue weighted by Gasteiger charge is 2.36. The molecule has 2 amide bonds. The van der Waals surface area contributed by atoms with Crippen molar-refractivity contribution in [1.82, 2.24) is 4.98 Å². The molecule has 0 spiro atoms. The van der Waals surface area contributed by atoms with Crippen LogP contribution in [0.5, 0.6) is 5.75 Å². The van der Waals surface area contributed by atoms with Crippen LogP contribution in [0.3, 0.4) is 0 Å². The van der Waals surface area contributed by atoms with Gasteiger partial charge < -0.3 is 10.0 Å². The Labute approximate surface area is 195 Å². The van der Waals surface area contributed by atoms with Crippen molar-refractivity contribution in [3.63, 3.8) is 0 Å². The predicted molar refractivity (Wildman–Crippen MR) is 129 cm³/mol. The molecule has 5 rings (SSSR count). The van der Waals surface area contributed by atoms with E-state index in [4.69, 9.17) is 16.6 Å². The van der Waals surface area contributed by atoms with Crippen LogP contribution in [-0.2, 0) is 4.79 Å². The number of likely N-dealkylation sites (N-methyl/N-ethyl adjacent to an activating group) is 1. The molecule has 1 N–H and O–H groups in total. The van der Waals surface area contributed by atoms with Crippen LogP contribution in [0.15, 0.2) is 84.9 Å². The highest BCUT2D eigenvalue weighted by molar-refractivity contribution is 6.31. The molecule has 6 nitrogen and oxygen atoms in total. The number of hydrogen-bond donors (Lipinski definition) is 1. The van der Waals surface area contributed by atoms with Crippen molar-refractivity contribution in [2.45, 2.75) is 0 Å². The van der Waals surface area contributed by atoms with Gasteiger partial charge in [0.05, 0.1) is 16.8 Å². The lowest BCUT2D eigenvalue weighted by atomic mass is 10.1. The fourth-order valence-corrected chi connectivity index (χ4v) is 3.93. The number of nitrogens with zero attached hydrogens (tertiary/aromatic N) is 3. The summed E-state index contributed by atoms with van der Waals surface area (Å²) < 4.78 is 0. The van der Waals surface area contributed by atoms with Crippen molar-refractivity contribution >= 4 is 51.4 Å². The van der Waals surface area contributed by atoms with Crippen LogP contribution in [0.2, 0.25) is 5.02 Å². The summed E-state index contributed by atoms with van der Waals surface area (Å²) in [6, 6.07) is 22.5. The number of hydrogen-bond acceptors (Lipinski definition) is 4. The van der Waals surface area contributed by atoms with E-state index in [1.807, 2.05) is 24.3 Å². The van der Waals surface area contributed by atoms with Gasteiger partial charge in [0.1, 0.15) is 11.4 Å². The van der Waals surface area contributed by atoms with E-state index in [0.29, 0.717) is 33.4 Å². The SMILES string of the molecule is CN(C(=O)/C=C1\c2nc3ccccc3cc2C(=O)N1c1ccc(Cl)cc1)c1ccc(O)cc1. The van der Waals surface area contributed by atoms with E-state index in [9.17, 15) is 14.7 Å². The second kappa shape index (κ2) is 8.07. The summed E-state index contributed by atoms with van der Waals surface area (Å²) in [5.74, 6) is -0.500. The van der Waals surface area contributed by atoms with Crippen LogP contribution in [0, 0.1) is 0 Å². The number of amides is 2. The summed E-state index contributed by atoms with van der Waals surface area (Å²) in [5.41, 5.74) is 3.17. The third-order valence-corrected chi connectivity index (χ3v) is 5.81. The van der Waals surface area contributed by atoms with Crippen molar-refractivity contribution in [2.75, 3.05) is 16.8 Å². The smallest absolute Gasteiger partial charge is 0.265 e. The molecule has 1 aliphatic rings. The number of benzene rings is 3. The predicted octanol–water partition coefficient (Wildman–Crippen LogP) is 5.26. The maximum atomic E-state index is 13.5. The molecule has 1 aliphatic heterocycles. The van der Waals surface area contributed by atoms with Crippen LogP contribution in [0.4, 0.5) is 11.4 Å². The highest BCUT2D eigenvalue weighted by atomic mass is 35.5. The molecule has 0 unspecified atom stereocenters. The highest BCUT2D eigenvalue weighted by Crippen LogP contribution is 2.37. The normalized spacial score (nSPS) is 14.1. The molecule has 3 aromatic carbocycles. The number of phenolic OH excluding ortho intramolecular Hbond substituents is 1. The maximum absolute atomic E-state index is 13.5. The van der Waals surface area contributed by atoms with Crippen LogP contribution >= 0.6 is 11.6 Å². The quantitative estimate of drug-likeness (QED) is 0.428. The van der Waals surface area contributed by atoms with Gasteiger partial charge in [0.25, 0.3) is 11.8 Å². The minimum atomic E-state index is -0.342. The molecule has 1 aromatic heterocycles. The summed E-state index contributed by atoms with van der Waals surface area (Å²) in [4.78, 5) is 34.3. The van der Waals surface area contributed by atoms with Gasteiger partial charge in [0.15, 0.2) is 0 Å². The van der Waals surface area contributed by atoms with Gasteiger partial charge in [0, 0.05) is 34.9 Å². The van der Waals surface area contributed by atoms with E-state index in [0.717, 1.165) is 10.9 Å². The standard InChI is InChI=1S/C26H18ClN3O3/c1-29(18-10-12-20(31)13-11-18)24(32)15-23-25-21(14-16-4-2-3-5-22(16)28-25)26(33)30(23)19-8-6-17(27)7-9-19/h2-15,31H,1H3/b23-15+. The molecule has 0 saturated carbocycles. The molecule has 0 bridgehead atoms. The first-order valence-electron chi connectivity index (χ1n) is 10.2. The Morgan fingerprint density at radius 2 is 1.73 bits per heavy atom. The van der Waals surface area contributed by atoms with Crippen molar-refractivity contribution in [3.8, 4) is 5.75 Å². The Morgan fingerprint density at radius 3 is 2.45 bits per heavy atom. The van der Waals surface area contributed by atoms with E-state index < -0.39 is 0 Å². The fraction of sp³-hybridized carbons (Fsp3) is 0.0385. The lowest BCUT2D eigenvalue weighted by Crippen LogP contribution is -2.27. The number of carbonyl (C=O) groups excluding carboxylic acids is 2. The van der Waals surface area contributed by atoms with Crippen LogP contribution in [-0.4, -0.2) is 29.0 Å². The molecular formula is C26H18ClN3O3. The molecule has 7 heteroatoms. The topological polar surface area (TPSA) is 73.7 Å². The zero-order chi connectivity index (χ0) is 23.1. The molecule has 0 radical (unpaired) electrons. The first kappa shape index (κ1) is 20.7. The number of aromatic nitrogens is 1. The van der Waals surface area contributed by atoms with E-state index in [1.54, 1.807) is 49.5 Å². The van der Waals surface area contributed by atoms with E-state index in [1.165, 1.54) is 28.0 Å². The lowest BCUT2D eigenvalue weighted by molar-refractivity contribution is -0.113. The van der Waals surface area contributed by atoms with Crippen LogP contribution in [0.25, 0.3) is 16.6 Å². The Bertz CT molecular complexity index is 1430. The second-order valence-corrected chi connectivity index (χ2v) is 8.07. The average molecular weight is 456 g/mol. The minimum Gasteiger partial charge on any atom is -0.508 e. The summed E-state index contributed by atoms with van der Waals surface area (Å²) in [5, 5.41) is 10.9. The largest absolute Gasteiger partial charge is 0.508 e. The van der Waals surface area contributed by atoms with Gasteiger partial charge in [-0.15, -0.1) is 0 Å². The maximum Gasteiger partial charge on any atom is 0.265 e. The zero-order valence-electron chi connectivity index (χ0n) is 17.6. The van der Waals surface area contributed by atoms with Gasteiger partial charge in [-0.1, -0.05) is 29.8 Å². The fourth-order valence-electron chi connectivity index (χ4n) is 3.81. The third kappa shape index (κ3) is 3.70. The number of para-hydroxylation sites is 1. The third-order valence-electron chi connectivity index (χ3n) is 5.55.